The fourth-order valence-electron chi connectivity index (χ4n) is 3.01. The average molecular weight is 215 g/mol. The number of nitrogens with one attached hydrogen (secondary N) is 1. The normalized spacial score (nSPS) is 28.4. The van der Waals surface area contributed by atoms with Crippen molar-refractivity contribution in [3.63, 3.8) is 0 Å². The van der Waals surface area contributed by atoms with Gasteiger partial charge in [0.05, 0.1) is 0 Å². The van der Waals surface area contributed by atoms with Crippen LogP contribution in [0, 0.1) is 12.8 Å². The summed E-state index contributed by atoms with van der Waals surface area (Å²) in [7, 11) is 0. The Hall–Kier alpha value is -1.15. The molecule has 0 bridgehead atoms. The van der Waals surface area contributed by atoms with E-state index in [0.717, 1.165) is 24.9 Å². The standard InChI is InChI=1S/C14H17NO/c1-9-4-5-10-8-12(13-3-2-6-15-13)14(16)11(10)7-9/h4-5,7,12-13,15H,2-3,6,8H2,1H3. The molecule has 1 heterocycles. The second-order valence-electron chi connectivity index (χ2n) is 5.04. The third-order valence-corrected chi connectivity index (χ3v) is 3.89. The molecule has 1 aliphatic heterocycles. The molecule has 1 saturated heterocycles. The molecule has 2 heteroatoms. The maximum Gasteiger partial charge on any atom is 0.168 e. The van der Waals surface area contributed by atoms with E-state index >= 15 is 0 Å². The van der Waals surface area contributed by atoms with Crippen LogP contribution in [0.2, 0.25) is 0 Å². The second-order valence-corrected chi connectivity index (χ2v) is 5.04. The quantitative estimate of drug-likeness (QED) is 0.777. The molecule has 1 aliphatic carbocycles. The number of ketones is 1. The van der Waals surface area contributed by atoms with Crippen molar-refractivity contribution in [2.45, 2.75) is 32.2 Å². The van der Waals surface area contributed by atoms with E-state index in [9.17, 15) is 4.79 Å². The zero-order chi connectivity index (χ0) is 11.1. The molecular weight excluding hydrogens is 198 g/mol. The number of carbonyl (C=O) groups excluding carboxylic acids is 1. The Morgan fingerprint density at radius 3 is 3.00 bits per heavy atom. The summed E-state index contributed by atoms with van der Waals surface area (Å²) in [6, 6.07) is 6.70. The number of fused-ring (bicyclic) bond motifs is 1. The van der Waals surface area contributed by atoms with E-state index < -0.39 is 0 Å². The molecule has 84 valence electrons. The average Bonchev–Trinajstić information content (AvgIpc) is 2.87. The van der Waals surface area contributed by atoms with Crippen molar-refractivity contribution in [2.75, 3.05) is 6.54 Å². The summed E-state index contributed by atoms with van der Waals surface area (Å²) >= 11 is 0. The number of aryl methyl sites for hydroxylation is 1. The summed E-state index contributed by atoms with van der Waals surface area (Å²) in [4.78, 5) is 12.3. The lowest BCUT2D eigenvalue weighted by Gasteiger charge is -2.16. The first-order chi connectivity index (χ1) is 7.75. The summed E-state index contributed by atoms with van der Waals surface area (Å²) in [5, 5.41) is 3.46. The fourth-order valence-corrected chi connectivity index (χ4v) is 3.01. The maximum absolute atomic E-state index is 12.3. The van der Waals surface area contributed by atoms with Crippen LogP contribution in [-0.4, -0.2) is 18.4 Å². The molecule has 0 radical (unpaired) electrons. The van der Waals surface area contributed by atoms with Gasteiger partial charge in [0, 0.05) is 17.5 Å². The van der Waals surface area contributed by atoms with Gasteiger partial charge in [-0.3, -0.25) is 4.79 Å². The van der Waals surface area contributed by atoms with Crippen molar-refractivity contribution in [1.29, 1.82) is 0 Å². The van der Waals surface area contributed by atoms with Gasteiger partial charge >= 0.3 is 0 Å². The Kier molecular flexibility index (Phi) is 2.32. The summed E-state index contributed by atoms with van der Waals surface area (Å²) < 4.78 is 0. The molecule has 1 aromatic carbocycles. The first kappa shape index (κ1) is 10.0. The van der Waals surface area contributed by atoms with Gasteiger partial charge < -0.3 is 5.32 Å². The number of hydrogen-bond acceptors (Lipinski definition) is 2. The van der Waals surface area contributed by atoms with Crippen molar-refractivity contribution in [3.8, 4) is 0 Å². The molecule has 2 unspecified atom stereocenters. The topological polar surface area (TPSA) is 29.1 Å². The number of carbonyl (C=O) groups is 1. The van der Waals surface area contributed by atoms with Crippen LogP contribution in [0.3, 0.4) is 0 Å². The summed E-state index contributed by atoms with van der Waals surface area (Å²) in [5.41, 5.74) is 3.40. The van der Waals surface area contributed by atoms with Crippen molar-refractivity contribution in [1.82, 2.24) is 5.32 Å². The number of benzene rings is 1. The van der Waals surface area contributed by atoms with Crippen molar-refractivity contribution in [3.05, 3.63) is 34.9 Å². The lowest BCUT2D eigenvalue weighted by atomic mass is 9.94. The molecule has 2 atom stereocenters. The molecule has 1 fully saturated rings. The van der Waals surface area contributed by atoms with E-state index in [0.29, 0.717) is 11.8 Å². The molecule has 16 heavy (non-hydrogen) atoms. The van der Waals surface area contributed by atoms with E-state index in [2.05, 4.69) is 24.4 Å². The lowest BCUT2D eigenvalue weighted by Crippen LogP contribution is -2.33. The molecule has 0 aromatic heterocycles. The van der Waals surface area contributed by atoms with Gasteiger partial charge in [0.25, 0.3) is 0 Å². The lowest BCUT2D eigenvalue weighted by molar-refractivity contribution is 0.0914. The minimum Gasteiger partial charge on any atom is -0.313 e. The van der Waals surface area contributed by atoms with Gasteiger partial charge in [-0.15, -0.1) is 0 Å². The number of rotatable bonds is 1. The SMILES string of the molecule is Cc1ccc2c(c1)C(=O)C(C1CCCN1)C2. The van der Waals surface area contributed by atoms with E-state index in [-0.39, 0.29) is 5.92 Å². The summed E-state index contributed by atoms with van der Waals surface area (Å²) in [5.74, 6) is 0.553. The van der Waals surface area contributed by atoms with E-state index in [4.69, 9.17) is 0 Å². The maximum atomic E-state index is 12.3. The van der Waals surface area contributed by atoms with E-state index in [1.165, 1.54) is 17.5 Å². The third-order valence-electron chi connectivity index (χ3n) is 3.89. The Bertz CT molecular complexity index is 432. The van der Waals surface area contributed by atoms with Crippen LogP contribution in [-0.2, 0) is 6.42 Å². The second kappa shape index (κ2) is 3.70. The van der Waals surface area contributed by atoms with Gasteiger partial charge in [-0.05, 0) is 44.4 Å². The molecule has 0 saturated carbocycles. The van der Waals surface area contributed by atoms with Crippen LogP contribution in [0.4, 0.5) is 0 Å². The molecule has 0 amide bonds. The molecule has 1 aromatic rings. The predicted octanol–water partition coefficient (Wildman–Crippen LogP) is 2.10. The van der Waals surface area contributed by atoms with Crippen molar-refractivity contribution < 1.29 is 4.79 Å². The van der Waals surface area contributed by atoms with Gasteiger partial charge in [0.1, 0.15) is 0 Å². The Labute approximate surface area is 96.1 Å². The van der Waals surface area contributed by atoms with Gasteiger partial charge in [0.15, 0.2) is 5.78 Å². The highest BCUT2D eigenvalue weighted by Gasteiger charge is 2.37. The van der Waals surface area contributed by atoms with Gasteiger partial charge in [-0.2, -0.15) is 0 Å². The molecular formula is C14H17NO. The monoisotopic (exact) mass is 215 g/mol. The minimum atomic E-state index is 0.194. The van der Waals surface area contributed by atoms with Crippen LogP contribution in [0.25, 0.3) is 0 Å². The Morgan fingerprint density at radius 2 is 2.25 bits per heavy atom. The first-order valence-electron chi connectivity index (χ1n) is 6.13. The Morgan fingerprint density at radius 1 is 1.38 bits per heavy atom. The number of hydrogen-bond donors (Lipinski definition) is 1. The van der Waals surface area contributed by atoms with Gasteiger partial charge in [0.2, 0.25) is 0 Å². The van der Waals surface area contributed by atoms with E-state index in [1.807, 2.05) is 6.07 Å². The molecule has 0 spiro atoms. The first-order valence-corrected chi connectivity index (χ1v) is 6.13. The summed E-state index contributed by atoms with van der Waals surface area (Å²) in [6.07, 6.45) is 3.30. The Balaban J connectivity index is 1.91. The smallest absolute Gasteiger partial charge is 0.168 e. The van der Waals surface area contributed by atoms with Gasteiger partial charge in [-0.1, -0.05) is 17.7 Å². The zero-order valence-corrected chi connectivity index (χ0v) is 9.62. The predicted molar refractivity (Wildman–Crippen MR) is 63.7 cm³/mol. The van der Waals surface area contributed by atoms with E-state index in [1.54, 1.807) is 0 Å². The summed E-state index contributed by atoms with van der Waals surface area (Å²) in [6.45, 7) is 3.12. The van der Waals surface area contributed by atoms with Gasteiger partial charge in [-0.25, -0.2) is 0 Å². The fraction of sp³-hybridized carbons (Fsp3) is 0.500. The third kappa shape index (κ3) is 1.49. The highest BCUT2D eigenvalue weighted by atomic mass is 16.1. The van der Waals surface area contributed by atoms with Crippen LogP contribution in [0.1, 0.15) is 34.3 Å². The number of Topliss-reactive ketones (excluding diaryl/α,β-unsaturated/α-hetero) is 1. The van der Waals surface area contributed by atoms with Crippen LogP contribution in [0.5, 0.6) is 0 Å². The molecule has 3 rings (SSSR count). The van der Waals surface area contributed by atoms with Crippen LogP contribution < -0.4 is 5.32 Å². The van der Waals surface area contributed by atoms with Crippen molar-refractivity contribution in [2.24, 2.45) is 5.92 Å². The van der Waals surface area contributed by atoms with Crippen molar-refractivity contribution >= 4 is 5.78 Å². The molecule has 2 aliphatic rings. The van der Waals surface area contributed by atoms with Crippen LogP contribution >= 0.6 is 0 Å². The molecule has 2 nitrogen and oxygen atoms in total. The highest BCUT2D eigenvalue weighted by molar-refractivity contribution is 6.02. The van der Waals surface area contributed by atoms with Crippen LogP contribution in [0.15, 0.2) is 18.2 Å². The largest absolute Gasteiger partial charge is 0.313 e. The molecule has 1 N–H and O–H groups in total. The zero-order valence-electron chi connectivity index (χ0n) is 9.62. The highest BCUT2D eigenvalue weighted by Crippen LogP contribution is 2.32. The minimum absolute atomic E-state index is 0.194.